The summed E-state index contributed by atoms with van der Waals surface area (Å²) in [6, 6.07) is 7.35. The molecule has 202 valence electrons. The van der Waals surface area contributed by atoms with Crippen molar-refractivity contribution in [2.24, 2.45) is 0 Å². The molecule has 3 heterocycles. The number of alkyl halides is 5. The van der Waals surface area contributed by atoms with Gasteiger partial charge in [-0.2, -0.15) is 13.2 Å². The van der Waals surface area contributed by atoms with Crippen molar-refractivity contribution in [3.63, 3.8) is 0 Å². The third-order valence-electron chi connectivity index (χ3n) is 5.23. The highest BCUT2D eigenvalue weighted by Gasteiger charge is 2.39. The van der Waals surface area contributed by atoms with Crippen molar-refractivity contribution in [3.05, 3.63) is 70.4 Å². The van der Waals surface area contributed by atoms with Crippen LogP contribution in [0.5, 0.6) is 0 Å². The molecule has 3 aromatic heterocycles. The predicted octanol–water partition coefficient (Wildman–Crippen LogP) is 3.38. The van der Waals surface area contributed by atoms with Gasteiger partial charge in [-0.3, -0.25) is 9.55 Å². The Balaban J connectivity index is 1.65. The Hall–Kier alpha value is -3.85. The highest BCUT2D eigenvalue weighted by atomic mass is 35.5. The van der Waals surface area contributed by atoms with E-state index in [0.717, 1.165) is 11.6 Å². The van der Waals surface area contributed by atoms with Crippen LogP contribution in [-0.4, -0.2) is 64.0 Å². The second-order valence-electron chi connectivity index (χ2n) is 8.36. The molecule has 0 saturated heterocycles. The fraction of sp³-hybridized carbons (Fsp3) is 0.318. The molecule has 4 rings (SSSR count). The summed E-state index contributed by atoms with van der Waals surface area (Å²) in [5, 5.41) is 20.9. The number of anilines is 1. The molecule has 10 nitrogen and oxygen atoms in total. The van der Waals surface area contributed by atoms with Gasteiger partial charge < -0.3 is 10.4 Å². The summed E-state index contributed by atoms with van der Waals surface area (Å²) >= 11 is 5.89. The van der Waals surface area contributed by atoms with Crippen molar-refractivity contribution in [1.29, 1.82) is 0 Å². The van der Waals surface area contributed by atoms with Gasteiger partial charge in [0, 0.05) is 23.7 Å². The highest BCUT2D eigenvalue weighted by molar-refractivity contribution is 6.30. The lowest BCUT2D eigenvalue weighted by Crippen LogP contribution is -2.37. The molecule has 38 heavy (non-hydrogen) atoms. The molecule has 0 aliphatic carbocycles. The van der Waals surface area contributed by atoms with E-state index in [1.807, 2.05) is 0 Å². The summed E-state index contributed by atoms with van der Waals surface area (Å²) in [5.41, 5.74) is -0.0606. The van der Waals surface area contributed by atoms with Gasteiger partial charge in [-0.25, -0.2) is 27.9 Å². The van der Waals surface area contributed by atoms with Gasteiger partial charge in [0.15, 0.2) is 17.8 Å². The molecule has 0 spiro atoms. The number of benzene rings is 1. The van der Waals surface area contributed by atoms with Crippen LogP contribution >= 0.6 is 11.6 Å². The van der Waals surface area contributed by atoms with Crippen molar-refractivity contribution < 1.29 is 27.1 Å². The van der Waals surface area contributed by atoms with Crippen molar-refractivity contribution >= 4 is 17.3 Å². The van der Waals surface area contributed by atoms with Crippen LogP contribution in [0.2, 0.25) is 5.02 Å². The Morgan fingerprint density at radius 2 is 1.82 bits per heavy atom. The largest absolute Gasteiger partial charge is 0.416 e. The molecule has 2 N–H and O–H groups in total. The maximum atomic E-state index is 13.3. The number of hydrogen-bond acceptors (Lipinski definition) is 7. The van der Waals surface area contributed by atoms with E-state index >= 15 is 0 Å². The number of rotatable bonds is 9. The van der Waals surface area contributed by atoms with Crippen LogP contribution in [0.15, 0.2) is 53.8 Å². The van der Waals surface area contributed by atoms with Gasteiger partial charge in [-0.05, 0) is 30.3 Å². The summed E-state index contributed by atoms with van der Waals surface area (Å²) in [4.78, 5) is 21.1. The summed E-state index contributed by atoms with van der Waals surface area (Å²) in [6.45, 7) is -1.31. The van der Waals surface area contributed by atoms with Gasteiger partial charge in [0.1, 0.15) is 18.6 Å². The van der Waals surface area contributed by atoms with Gasteiger partial charge in [0.2, 0.25) is 0 Å². The average Bonchev–Trinajstić information content (AvgIpc) is 3.43. The highest BCUT2D eigenvalue weighted by Crippen LogP contribution is 2.24. The first-order valence-corrected chi connectivity index (χ1v) is 11.3. The molecule has 0 aliphatic heterocycles. The predicted molar refractivity (Wildman–Crippen MR) is 126 cm³/mol. The Bertz CT molecular complexity index is 1460. The van der Waals surface area contributed by atoms with E-state index in [2.05, 4.69) is 25.5 Å². The quantitative estimate of drug-likeness (QED) is 0.303. The second-order valence-corrected chi connectivity index (χ2v) is 8.80. The molecule has 16 heteroatoms. The van der Waals surface area contributed by atoms with Crippen LogP contribution in [0.1, 0.15) is 12.7 Å². The molecular formula is C22H20ClF5N8O2. The number of pyridine rings is 1. The van der Waals surface area contributed by atoms with Gasteiger partial charge in [0.25, 0.3) is 5.92 Å². The molecule has 1 unspecified atom stereocenters. The number of halogens is 6. The minimum absolute atomic E-state index is 0.0476. The minimum Gasteiger partial charge on any atom is -0.382 e. The number of aliphatic hydroxyl groups is 1. The molecule has 0 aliphatic rings. The Morgan fingerprint density at radius 1 is 1.11 bits per heavy atom. The topological polar surface area (TPSA) is 116 Å². The summed E-state index contributed by atoms with van der Waals surface area (Å²) in [5.74, 6) is -3.06. The Labute approximate surface area is 216 Å². The second kappa shape index (κ2) is 10.5. The van der Waals surface area contributed by atoms with Crippen molar-refractivity contribution in [3.8, 4) is 17.1 Å². The SMILES string of the molecule is CC(F)(F)CNc1ccncc1-n1cnc(Cn2nc(-c3ccc(Cl)cc3)n(CC(O)C(F)(F)F)c2=O)n1. The smallest absolute Gasteiger partial charge is 0.382 e. The fourth-order valence-electron chi connectivity index (χ4n) is 3.39. The zero-order chi connectivity index (χ0) is 27.7. The summed E-state index contributed by atoms with van der Waals surface area (Å²) in [6.07, 6.45) is -3.74. The number of aliphatic hydroxyl groups excluding tert-OH is 1. The van der Waals surface area contributed by atoms with Gasteiger partial charge in [-0.15, -0.1) is 10.2 Å². The standard InChI is InChI=1S/C22H20ClF5N8O2/c1-21(24,25)11-30-15-6-7-29-8-16(15)36-12-31-18(32-36)10-35-20(38)34(9-17(37)22(26,27)28)19(33-35)13-2-4-14(23)5-3-13/h2-8,12,17,37H,9-11H2,1H3,(H,29,30). The molecule has 1 aromatic carbocycles. The maximum Gasteiger partial charge on any atom is 0.416 e. The molecule has 0 amide bonds. The molecule has 0 bridgehead atoms. The first-order valence-electron chi connectivity index (χ1n) is 11.0. The molecular weight excluding hydrogens is 539 g/mol. The van der Waals surface area contributed by atoms with Gasteiger partial charge >= 0.3 is 11.9 Å². The minimum atomic E-state index is -4.96. The lowest BCUT2D eigenvalue weighted by molar-refractivity contribution is -0.207. The third-order valence-corrected chi connectivity index (χ3v) is 5.48. The third kappa shape index (κ3) is 6.34. The maximum absolute atomic E-state index is 13.3. The van der Waals surface area contributed by atoms with Crippen molar-refractivity contribution in [2.75, 3.05) is 11.9 Å². The number of hydrogen-bond donors (Lipinski definition) is 2. The van der Waals surface area contributed by atoms with Crippen LogP contribution < -0.4 is 11.0 Å². The molecule has 0 fully saturated rings. The first kappa shape index (κ1) is 27.2. The van der Waals surface area contributed by atoms with Crippen LogP contribution in [-0.2, 0) is 13.1 Å². The fourth-order valence-corrected chi connectivity index (χ4v) is 3.51. The van der Waals surface area contributed by atoms with Crippen LogP contribution in [0.25, 0.3) is 17.1 Å². The van der Waals surface area contributed by atoms with E-state index in [4.69, 9.17) is 11.6 Å². The zero-order valence-corrected chi connectivity index (χ0v) is 20.3. The van der Waals surface area contributed by atoms with E-state index in [1.54, 1.807) is 0 Å². The van der Waals surface area contributed by atoms with E-state index in [-0.39, 0.29) is 23.8 Å². The number of aromatic nitrogens is 7. The first-order chi connectivity index (χ1) is 17.8. The molecule has 4 aromatic rings. The lowest BCUT2D eigenvalue weighted by Gasteiger charge is -2.15. The Kier molecular flexibility index (Phi) is 7.51. The normalized spacial score (nSPS) is 13.1. The lowest BCUT2D eigenvalue weighted by atomic mass is 10.2. The van der Waals surface area contributed by atoms with E-state index < -0.39 is 37.0 Å². The Morgan fingerprint density at radius 3 is 2.47 bits per heavy atom. The van der Waals surface area contributed by atoms with E-state index in [9.17, 15) is 31.9 Å². The monoisotopic (exact) mass is 558 g/mol. The summed E-state index contributed by atoms with van der Waals surface area (Å²) < 4.78 is 68.5. The average molecular weight is 559 g/mol. The number of nitrogens with zero attached hydrogens (tertiary/aromatic N) is 7. The zero-order valence-electron chi connectivity index (χ0n) is 19.6. The van der Waals surface area contributed by atoms with Gasteiger partial charge in [-0.1, -0.05) is 11.6 Å². The van der Waals surface area contributed by atoms with Crippen LogP contribution in [0, 0.1) is 0 Å². The van der Waals surface area contributed by atoms with Crippen LogP contribution in [0.3, 0.4) is 0 Å². The number of nitrogens with one attached hydrogen (secondary N) is 1. The summed E-state index contributed by atoms with van der Waals surface area (Å²) in [7, 11) is 0. The van der Waals surface area contributed by atoms with E-state index in [0.29, 0.717) is 21.0 Å². The molecule has 0 saturated carbocycles. The van der Waals surface area contributed by atoms with Crippen LogP contribution in [0.4, 0.5) is 27.6 Å². The van der Waals surface area contributed by atoms with E-state index in [1.165, 1.54) is 53.7 Å². The molecule has 1 atom stereocenters. The van der Waals surface area contributed by atoms with Crippen molar-refractivity contribution in [1.82, 2.24) is 34.1 Å². The molecule has 0 radical (unpaired) electrons. The van der Waals surface area contributed by atoms with Crippen molar-refractivity contribution in [2.45, 2.75) is 38.2 Å². The van der Waals surface area contributed by atoms with Gasteiger partial charge in [0.05, 0.1) is 25.0 Å².